The van der Waals surface area contributed by atoms with Crippen LogP contribution in [0.4, 0.5) is 0 Å². The van der Waals surface area contributed by atoms with Crippen LogP contribution in [-0.4, -0.2) is 11.7 Å². The number of unbranched alkanes of at least 4 members (excludes halogenated alkanes) is 3. The highest BCUT2D eigenvalue weighted by Crippen LogP contribution is 2.05. The van der Waals surface area contributed by atoms with Crippen LogP contribution in [0.25, 0.3) is 0 Å². The van der Waals surface area contributed by atoms with Gasteiger partial charge in [-0.05, 0) is 25.2 Å². The fourth-order valence-corrected chi connectivity index (χ4v) is 1.02. The van der Waals surface area contributed by atoms with Gasteiger partial charge in [0.15, 0.2) is 0 Å². The number of aliphatic hydroxyl groups is 1. The first kappa shape index (κ1) is 11.7. The lowest BCUT2D eigenvalue weighted by Gasteiger charge is -1.99. The van der Waals surface area contributed by atoms with Crippen molar-refractivity contribution in [3.05, 3.63) is 12.2 Å². The van der Waals surface area contributed by atoms with Crippen LogP contribution in [-0.2, 0) is 0 Å². The molecule has 0 bridgehead atoms. The summed E-state index contributed by atoms with van der Waals surface area (Å²) in [5.74, 6) is 0.725. The summed E-state index contributed by atoms with van der Waals surface area (Å²) in [6.45, 7) is 4.79. The molecule has 1 nitrogen and oxygen atoms in total. The number of hydrogen-bond acceptors (Lipinski definition) is 1. The molecule has 0 aromatic rings. The summed E-state index contributed by atoms with van der Waals surface area (Å²) in [4.78, 5) is 0. The Balaban J connectivity index is 3.12. The van der Waals surface area contributed by atoms with E-state index in [0.29, 0.717) is 6.61 Å². The minimum Gasteiger partial charge on any atom is -0.396 e. The Hall–Kier alpha value is -0.300. The SMILES string of the molecule is CCC(C)C=CCCCCCO. The van der Waals surface area contributed by atoms with Crippen molar-refractivity contribution in [1.82, 2.24) is 0 Å². The van der Waals surface area contributed by atoms with Crippen molar-refractivity contribution in [1.29, 1.82) is 0 Å². The number of allylic oxidation sites excluding steroid dienone is 2. The molecule has 1 atom stereocenters. The molecule has 0 amide bonds. The van der Waals surface area contributed by atoms with Gasteiger partial charge in [0.05, 0.1) is 0 Å². The summed E-state index contributed by atoms with van der Waals surface area (Å²) < 4.78 is 0. The quantitative estimate of drug-likeness (QED) is 0.459. The van der Waals surface area contributed by atoms with E-state index < -0.39 is 0 Å². The predicted octanol–water partition coefficient (Wildman–Crippen LogP) is 3.14. The topological polar surface area (TPSA) is 20.2 Å². The molecule has 0 aromatic heterocycles. The van der Waals surface area contributed by atoms with Crippen molar-refractivity contribution in [3.63, 3.8) is 0 Å². The molecule has 0 saturated carbocycles. The number of aliphatic hydroxyl groups excluding tert-OH is 1. The van der Waals surface area contributed by atoms with E-state index in [2.05, 4.69) is 26.0 Å². The van der Waals surface area contributed by atoms with Crippen LogP contribution in [0.2, 0.25) is 0 Å². The highest BCUT2D eigenvalue weighted by atomic mass is 16.2. The Morgan fingerprint density at radius 3 is 2.58 bits per heavy atom. The van der Waals surface area contributed by atoms with Gasteiger partial charge in [-0.3, -0.25) is 0 Å². The minimum atomic E-state index is 0.342. The van der Waals surface area contributed by atoms with Gasteiger partial charge in [0, 0.05) is 6.61 Å². The van der Waals surface area contributed by atoms with Crippen molar-refractivity contribution in [2.75, 3.05) is 6.61 Å². The second-order valence-electron chi connectivity index (χ2n) is 3.39. The second-order valence-corrected chi connectivity index (χ2v) is 3.39. The minimum absolute atomic E-state index is 0.342. The number of rotatable bonds is 7. The largest absolute Gasteiger partial charge is 0.396 e. The molecule has 0 heterocycles. The fraction of sp³-hybridized carbons (Fsp3) is 0.818. The van der Waals surface area contributed by atoms with Crippen LogP contribution >= 0.6 is 0 Å². The Kier molecular flexibility index (Phi) is 8.57. The Morgan fingerprint density at radius 2 is 2.00 bits per heavy atom. The highest BCUT2D eigenvalue weighted by Gasteiger charge is 1.89. The molecule has 0 aliphatic rings. The van der Waals surface area contributed by atoms with Crippen LogP contribution in [0.5, 0.6) is 0 Å². The van der Waals surface area contributed by atoms with Gasteiger partial charge in [-0.2, -0.15) is 0 Å². The molecule has 72 valence electrons. The molecule has 0 fully saturated rings. The van der Waals surface area contributed by atoms with Crippen LogP contribution in [0.1, 0.15) is 46.0 Å². The molecule has 0 aliphatic carbocycles. The summed E-state index contributed by atoms with van der Waals surface area (Å²) in [7, 11) is 0. The Bertz CT molecular complexity index is 108. The van der Waals surface area contributed by atoms with Gasteiger partial charge in [0.1, 0.15) is 0 Å². The molecule has 1 heteroatoms. The van der Waals surface area contributed by atoms with Crippen LogP contribution in [0.3, 0.4) is 0 Å². The summed E-state index contributed by atoms with van der Waals surface area (Å²) in [6.07, 6.45) is 10.3. The average Bonchev–Trinajstić information content (AvgIpc) is 2.10. The molecule has 0 rings (SSSR count). The lowest BCUT2D eigenvalue weighted by atomic mass is 10.1. The standard InChI is InChI=1S/C11H22O/c1-3-11(2)9-7-5-4-6-8-10-12/h7,9,11-12H,3-6,8,10H2,1-2H3. The Morgan fingerprint density at radius 1 is 1.25 bits per heavy atom. The van der Waals surface area contributed by atoms with Gasteiger partial charge in [-0.15, -0.1) is 0 Å². The van der Waals surface area contributed by atoms with Crippen molar-refractivity contribution in [3.8, 4) is 0 Å². The molecular formula is C11H22O. The van der Waals surface area contributed by atoms with Crippen molar-refractivity contribution >= 4 is 0 Å². The maximum absolute atomic E-state index is 8.53. The zero-order chi connectivity index (χ0) is 9.23. The maximum Gasteiger partial charge on any atom is 0.0431 e. The monoisotopic (exact) mass is 170 g/mol. The summed E-state index contributed by atoms with van der Waals surface area (Å²) in [5.41, 5.74) is 0. The van der Waals surface area contributed by atoms with E-state index in [0.717, 1.165) is 18.8 Å². The van der Waals surface area contributed by atoms with E-state index in [1.165, 1.54) is 19.3 Å². The van der Waals surface area contributed by atoms with Gasteiger partial charge in [-0.25, -0.2) is 0 Å². The first-order valence-electron chi connectivity index (χ1n) is 5.08. The molecule has 1 N–H and O–H groups in total. The molecule has 1 unspecified atom stereocenters. The third kappa shape index (κ3) is 7.80. The van der Waals surface area contributed by atoms with Crippen LogP contribution < -0.4 is 0 Å². The average molecular weight is 170 g/mol. The van der Waals surface area contributed by atoms with E-state index in [1.807, 2.05) is 0 Å². The normalized spacial score (nSPS) is 13.9. The molecule has 0 aliphatic heterocycles. The maximum atomic E-state index is 8.53. The van der Waals surface area contributed by atoms with Gasteiger partial charge < -0.3 is 5.11 Å². The lowest BCUT2D eigenvalue weighted by molar-refractivity contribution is 0.283. The third-order valence-electron chi connectivity index (χ3n) is 2.14. The zero-order valence-corrected chi connectivity index (χ0v) is 8.42. The molecule has 0 spiro atoms. The summed E-state index contributed by atoms with van der Waals surface area (Å²) >= 11 is 0. The van der Waals surface area contributed by atoms with Gasteiger partial charge in [-0.1, -0.05) is 38.8 Å². The number of hydrogen-bond donors (Lipinski definition) is 1. The van der Waals surface area contributed by atoms with E-state index >= 15 is 0 Å². The van der Waals surface area contributed by atoms with E-state index in [-0.39, 0.29) is 0 Å². The van der Waals surface area contributed by atoms with E-state index in [1.54, 1.807) is 0 Å². The third-order valence-corrected chi connectivity index (χ3v) is 2.14. The molecule has 12 heavy (non-hydrogen) atoms. The first-order chi connectivity index (χ1) is 5.81. The van der Waals surface area contributed by atoms with E-state index in [9.17, 15) is 0 Å². The van der Waals surface area contributed by atoms with Gasteiger partial charge in [0.2, 0.25) is 0 Å². The van der Waals surface area contributed by atoms with Crippen molar-refractivity contribution < 1.29 is 5.11 Å². The first-order valence-corrected chi connectivity index (χ1v) is 5.08. The second kappa shape index (κ2) is 8.79. The molecule has 0 aromatic carbocycles. The van der Waals surface area contributed by atoms with Crippen molar-refractivity contribution in [2.45, 2.75) is 46.0 Å². The Labute approximate surface area is 76.5 Å². The molecule has 0 radical (unpaired) electrons. The van der Waals surface area contributed by atoms with Gasteiger partial charge in [0.25, 0.3) is 0 Å². The molecular weight excluding hydrogens is 148 g/mol. The highest BCUT2D eigenvalue weighted by molar-refractivity contribution is 4.85. The fourth-order valence-electron chi connectivity index (χ4n) is 1.02. The van der Waals surface area contributed by atoms with Gasteiger partial charge >= 0.3 is 0 Å². The molecule has 0 saturated heterocycles. The van der Waals surface area contributed by atoms with Crippen LogP contribution in [0, 0.1) is 5.92 Å². The van der Waals surface area contributed by atoms with Crippen molar-refractivity contribution in [2.24, 2.45) is 5.92 Å². The summed E-state index contributed by atoms with van der Waals surface area (Å²) in [6, 6.07) is 0. The van der Waals surface area contributed by atoms with Crippen LogP contribution in [0.15, 0.2) is 12.2 Å². The predicted molar refractivity (Wildman–Crippen MR) is 54.1 cm³/mol. The van der Waals surface area contributed by atoms with E-state index in [4.69, 9.17) is 5.11 Å². The zero-order valence-electron chi connectivity index (χ0n) is 8.42. The smallest absolute Gasteiger partial charge is 0.0431 e. The lowest BCUT2D eigenvalue weighted by Crippen LogP contribution is -1.85. The summed E-state index contributed by atoms with van der Waals surface area (Å²) in [5, 5.41) is 8.53.